The predicted octanol–water partition coefficient (Wildman–Crippen LogP) is 3.81. The van der Waals surface area contributed by atoms with Gasteiger partial charge >= 0.3 is 0 Å². The molecule has 1 aromatic heterocycles. The Morgan fingerprint density at radius 2 is 1.89 bits per heavy atom. The second-order valence-corrected chi connectivity index (χ2v) is 5.68. The van der Waals surface area contributed by atoms with Gasteiger partial charge in [0.2, 0.25) is 0 Å². The molecule has 0 bridgehead atoms. The molecule has 0 aromatic carbocycles. The van der Waals surface area contributed by atoms with Crippen molar-refractivity contribution in [2.24, 2.45) is 5.92 Å². The Labute approximate surface area is 118 Å². The van der Waals surface area contributed by atoms with Crippen LogP contribution in [0.5, 0.6) is 0 Å². The fourth-order valence-corrected chi connectivity index (χ4v) is 2.43. The van der Waals surface area contributed by atoms with Crippen molar-refractivity contribution in [1.29, 1.82) is 0 Å². The molecule has 1 aromatic rings. The smallest absolute Gasteiger partial charge is 0.0627 e. The van der Waals surface area contributed by atoms with E-state index in [9.17, 15) is 0 Å². The van der Waals surface area contributed by atoms with Crippen LogP contribution in [0, 0.1) is 5.92 Å². The van der Waals surface area contributed by atoms with Gasteiger partial charge in [-0.05, 0) is 51.1 Å². The van der Waals surface area contributed by atoms with Crippen LogP contribution in [0.4, 0.5) is 0 Å². The third-order valence-corrected chi connectivity index (χ3v) is 4.08. The van der Waals surface area contributed by atoms with E-state index in [0.29, 0.717) is 18.0 Å². The van der Waals surface area contributed by atoms with Gasteiger partial charge in [-0.3, -0.25) is 4.68 Å². The second-order valence-electron chi connectivity index (χ2n) is 5.68. The van der Waals surface area contributed by atoms with Gasteiger partial charge in [0.1, 0.15) is 0 Å². The predicted molar refractivity (Wildman–Crippen MR) is 82.5 cm³/mol. The first kappa shape index (κ1) is 16.2. The van der Waals surface area contributed by atoms with Crippen molar-refractivity contribution in [3.8, 4) is 0 Å². The average molecular weight is 265 g/mol. The summed E-state index contributed by atoms with van der Waals surface area (Å²) in [6.07, 6.45) is 6.71. The minimum Gasteiger partial charge on any atom is -0.314 e. The largest absolute Gasteiger partial charge is 0.314 e. The lowest BCUT2D eigenvalue weighted by Crippen LogP contribution is -2.33. The quantitative estimate of drug-likeness (QED) is 0.736. The second kappa shape index (κ2) is 8.36. The SMILES string of the molecule is CCCNC(C)C(C)Cc1ccn(C(CC)CC)n1. The maximum atomic E-state index is 4.74. The Morgan fingerprint density at radius 3 is 2.47 bits per heavy atom. The van der Waals surface area contributed by atoms with Gasteiger partial charge in [-0.15, -0.1) is 0 Å². The summed E-state index contributed by atoms with van der Waals surface area (Å²) in [4.78, 5) is 0. The number of aromatic nitrogens is 2. The standard InChI is InChI=1S/C16H31N3/c1-6-10-17-14(5)13(4)12-15-9-11-19(18-15)16(7-2)8-3/h9,11,13-14,16-17H,6-8,10,12H2,1-5H3. The minimum atomic E-state index is 0.554. The van der Waals surface area contributed by atoms with Crippen molar-refractivity contribution >= 4 is 0 Å². The molecule has 0 fully saturated rings. The van der Waals surface area contributed by atoms with Gasteiger partial charge in [0.25, 0.3) is 0 Å². The van der Waals surface area contributed by atoms with Gasteiger partial charge in [0.05, 0.1) is 11.7 Å². The molecule has 3 heteroatoms. The van der Waals surface area contributed by atoms with E-state index in [0.717, 1.165) is 25.8 Å². The maximum Gasteiger partial charge on any atom is 0.0627 e. The highest BCUT2D eigenvalue weighted by Gasteiger charge is 2.14. The van der Waals surface area contributed by atoms with Crippen LogP contribution in [0.15, 0.2) is 12.3 Å². The Balaban J connectivity index is 2.53. The fraction of sp³-hybridized carbons (Fsp3) is 0.812. The third kappa shape index (κ3) is 4.98. The lowest BCUT2D eigenvalue weighted by molar-refractivity contribution is 0.388. The van der Waals surface area contributed by atoms with Crippen LogP contribution in [0.1, 0.15) is 65.6 Å². The van der Waals surface area contributed by atoms with E-state index >= 15 is 0 Å². The number of hydrogen-bond donors (Lipinski definition) is 1. The average Bonchev–Trinajstić information content (AvgIpc) is 2.85. The molecular weight excluding hydrogens is 234 g/mol. The summed E-state index contributed by atoms with van der Waals surface area (Å²) in [5.41, 5.74) is 1.23. The highest BCUT2D eigenvalue weighted by atomic mass is 15.3. The van der Waals surface area contributed by atoms with Gasteiger partial charge < -0.3 is 5.32 Å². The molecule has 0 spiro atoms. The van der Waals surface area contributed by atoms with E-state index in [4.69, 9.17) is 5.10 Å². The normalized spacial score (nSPS) is 14.8. The van der Waals surface area contributed by atoms with Crippen molar-refractivity contribution in [2.45, 2.75) is 72.4 Å². The zero-order valence-electron chi connectivity index (χ0n) is 13.3. The number of rotatable bonds is 9. The van der Waals surface area contributed by atoms with Crippen LogP contribution in [-0.4, -0.2) is 22.4 Å². The lowest BCUT2D eigenvalue weighted by Gasteiger charge is -2.20. The molecule has 0 aliphatic carbocycles. The van der Waals surface area contributed by atoms with Gasteiger partial charge in [0.15, 0.2) is 0 Å². The van der Waals surface area contributed by atoms with Gasteiger partial charge in [-0.2, -0.15) is 5.10 Å². The molecule has 3 nitrogen and oxygen atoms in total. The van der Waals surface area contributed by atoms with Crippen LogP contribution in [0.2, 0.25) is 0 Å². The molecule has 0 aliphatic rings. The molecule has 19 heavy (non-hydrogen) atoms. The molecular formula is C16H31N3. The van der Waals surface area contributed by atoms with Crippen LogP contribution in [-0.2, 0) is 6.42 Å². The van der Waals surface area contributed by atoms with Gasteiger partial charge in [-0.1, -0.05) is 27.7 Å². The first-order valence-electron chi connectivity index (χ1n) is 7.89. The van der Waals surface area contributed by atoms with E-state index in [1.54, 1.807) is 0 Å². The maximum absolute atomic E-state index is 4.74. The van der Waals surface area contributed by atoms with Crippen molar-refractivity contribution in [3.63, 3.8) is 0 Å². The van der Waals surface area contributed by atoms with E-state index in [2.05, 4.69) is 56.9 Å². The summed E-state index contributed by atoms with van der Waals surface area (Å²) in [6.45, 7) is 12.4. The molecule has 1 N–H and O–H groups in total. The summed E-state index contributed by atoms with van der Waals surface area (Å²) in [5.74, 6) is 0.622. The first-order chi connectivity index (χ1) is 9.12. The zero-order chi connectivity index (χ0) is 14.3. The lowest BCUT2D eigenvalue weighted by atomic mass is 9.98. The van der Waals surface area contributed by atoms with E-state index < -0.39 is 0 Å². The topological polar surface area (TPSA) is 29.9 Å². The summed E-state index contributed by atoms with van der Waals surface area (Å²) >= 11 is 0. The summed E-state index contributed by atoms with van der Waals surface area (Å²) in [7, 11) is 0. The Kier molecular flexibility index (Phi) is 7.14. The zero-order valence-corrected chi connectivity index (χ0v) is 13.3. The van der Waals surface area contributed by atoms with Crippen molar-refractivity contribution in [3.05, 3.63) is 18.0 Å². The first-order valence-corrected chi connectivity index (χ1v) is 7.89. The monoisotopic (exact) mass is 265 g/mol. The molecule has 2 atom stereocenters. The molecule has 0 amide bonds. The highest BCUT2D eigenvalue weighted by molar-refractivity contribution is 5.01. The van der Waals surface area contributed by atoms with E-state index in [1.165, 1.54) is 12.1 Å². The van der Waals surface area contributed by atoms with Crippen molar-refractivity contribution < 1.29 is 0 Å². The van der Waals surface area contributed by atoms with Crippen molar-refractivity contribution in [2.75, 3.05) is 6.54 Å². The molecule has 0 saturated carbocycles. The molecule has 1 rings (SSSR count). The summed E-state index contributed by atoms with van der Waals surface area (Å²) < 4.78 is 2.15. The van der Waals surface area contributed by atoms with E-state index in [1.807, 2.05) is 0 Å². The van der Waals surface area contributed by atoms with Crippen LogP contribution >= 0.6 is 0 Å². The number of nitrogens with zero attached hydrogens (tertiary/aromatic N) is 2. The van der Waals surface area contributed by atoms with Crippen LogP contribution in [0.25, 0.3) is 0 Å². The summed E-state index contributed by atoms with van der Waals surface area (Å²) in [5, 5.41) is 8.31. The highest BCUT2D eigenvalue weighted by Crippen LogP contribution is 2.16. The van der Waals surface area contributed by atoms with Crippen molar-refractivity contribution in [1.82, 2.24) is 15.1 Å². The molecule has 0 saturated heterocycles. The fourth-order valence-electron chi connectivity index (χ4n) is 2.43. The van der Waals surface area contributed by atoms with Gasteiger partial charge in [-0.25, -0.2) is 0 Å². The Morgan fingerprint density at radius 1 is 1.21 bits per heavy atom. The number of hydrogen-bond acceptors (Lipinski definition) is 2. The van der Waals surface area contributed by atoms with Crippen LogP contribution in [0.3, 0.4) is 0 Å². The third-order valence-electron chi connectivity index (χ3n) is 4.08. The molecule has 0 aliphatic heterocycles. The molecule has 0 radical (unpaired) electrons. The van der Waals surface area contributed by atoms with E-state index in [-0.39, 0.29) is 0 Å². The number of nitrogens with one attached hydrogen (secondary N) is 1. The molecule has 110 valence electrons. The molecule has 2 unspecified atom stereocenters. The Hall–Kier alpha value is -0.830. The molecule has 1 heterocycles. The summed E-state index contributed by atoms with van der Waals surface area (Å²) in [6, 6.07) is 3.29. The van der Waals surface area contributed by atoms with Gasteiger partial charge in [0, 0.05) is 12.2 Å². The van der Waals surface area contributed by atoms with Crippen LogP contribution < -0.4 is 5.32 Å². The minimum absolute atomic E-state index is 0.554. The Bertz CT molecular complexity index is 342.